The Bertz CT molecular complexity index is 2980. The van der Waals surface area contributed by atoms with Gasteiger partial charge in [0.25, 0.3) is 0 Å². The first-order valence-electron chi connectivity index (χ1n) is 26.5. The number of nitrogens with zero attached hydrogens (tertiary/aromatic N) is 14. The van der Waals surface area contributed by atoms with Gasteiger partial charge in [0.15, 0.2) is 5.78 Å². The summed E-state index contributed by atoms with van der Waals surface area (Å²) in [5.74, 6) is 1.43. The molecule has 4 aromatic heterocycles. The van der Waals surface area contributed by atoms with Gasteiger partial charge in [0.05, 0.1) is 0 Å². The minimum atomic E-state index is 0.0682. The molecule has 17 nitrogen and oxygen atoms in total. The fourth-order valence-electron chi connectivity index (χ4n) is 11.9. The van der Waals surface area contributed by atoms with Crippen LogP contribution < -0.4 is 20.4 Å². The number of hydrogen-bond acceptors (Lipinski definition) is 15. The normalized spacial score (nSPS) is 21.7. The van der Waals surface area contributed by atoms with Crippen LogP contribution in [-0.2, 0) is 0 Å². The number of rotatable bonds is 12. The Morgan fingerprint density at radius 1 is 0.500 bits per heavy atom. The summed E-state index contributed by atoms with van der Waals surface area (Å²) in [5, 5.41) is 26.8. The fraction of sp³-hybridized carbons (Fsp3) is 0.473. The first-order chi connectivity index (χ1) is 35.2. The van der Waals surface area contributed by atoms with Crippen molar-refractivity contribution in [3.05, 3.63) is 96.3 Å². The first-order valence-corrected chi connectivity index (χ1v) is 26.5. The molecule has 17 heteroatoms. The van der Waals surface area contributed by atoms with Crippen LogP contribution in [0.4, 0.5) is 23.3 Å². The standard InChI is InChI=1S/C55H66N16O/c1-35(2)70-51-47(62-64-70)23-9-39-33-56-54(60-49(39)51)58-41-11-19-45(20-12-41)68-29-25-66(26-30-68)43-15-5-37(6-16-43)53(72)38-7-17-44(18-8-38)67-27-31-69(32-28-67)46-21-13-42(14-22-46)59-55-57-34-40-10-24-48-52(50(40)61-55)71(36(3)4)65-63-48/h5-10,15-18,23-24,33-36,41-42,45-46H,11-14,19-22,25-32H2,1-4H3,(H,56,58,60)(H,57,59,61). The molecule has 2 N–H and O–H groups in total. The van der Waals surface area contributed by atoms with Crippen molar-refractivity contribution in [1.29, 1.82) is 0 Å². The summed E-state index contributed by atoms with van der Waals surface area (Å²) in [5.41, 5.74) is 9.27. The number of fused-ring (bicyclic) bond motifs is 6. The maximum Gasteiger partial charge on any atom is 0.223 e. The van der Waals surface area contributed by atoms with Gasteiger partial charge in [-0.1, -0.05) is 10.4 Å². The van der Waals surface area contributed by atoms with Gasteiger partial charge < -0.3 is 20.4 Å². The highest BCUT2D eigenvalue weighted by Gasteiger charge is 2.31. The van der Waals surface area contributed by atoms with E-state index in [4.69, 9.17) is 9.97 Å². The van der Waals surface area contributed by atoms with E-state index in [1.807, 2.05) is 70.3 Å². The second-order valence-corrected chi connectivity index (χ2v) is 21.2. The molecule has 0 amide bonds. The van der Waals surface area contributed by atoms with Crippen molar-refractivity contribution in [2.75, 3.05) is 72.8 Å². The number of anilines is 4. The van der Waals surface area contributed by atoms with Crippen LogP contribution in [0.5, 0.6) is 0 Å². The molecule has 12 rings (SSSR count). The van der Waals surface area contributed by atoms with E-state index in [0.29, 0.717) is 36.1 Å². The highest BCUT2D eigenvalue weighted by Crippen LogP contribution is 2.32. The van der Waals surface area contributed by atoms with Crippen molar-refractivity contribution < 1.29 is 4.79 Å². The van der Waals surface area contributed by atoms with E-state index in [0.717, 1.165) is 159 Å². The molecule has 0 atom stereocenters. The molecule has 372 valence electrons. The number of carbonyl (C=O) groups is 1. The minimum absolute atomic E-state index is 0.0682. The van der Waals surface area contributed by atoms with Gasteiger partial charge in [0, 0.05) is 134 Å². The Hall–Kier alpha value is -6.85. The lowest BCUT2D eigenvalue weighted by atomic mass is 9.90. The van der Waals surface area contributed by atoms with E-state index >= 15 is 0 Å². The highest BCUT2D eigenvalue weighted by atomic mass is 16.1. The van der Waals surface area contributed by atoms with Gasteiger partial charge in [-0.15, -0.1) is 10.2 Å². The topological polar surface area (TPSA) is 167 Å². The second-order valence-electron chi connectivity index (χ2n) is 21.2. The lowest BCUT2D eigenvalue weighted by molar-refractivity contribution is 0.103. The minimum Gasteiger partial charge on any atom is -0.369 e. The monoisotopic (exact) mass is 967 g/mol. The third-order valence-electron chi connectivity index (χ3n) is 16.1. The fourth-order valence-corrected chi connectivity index (χ4v) is 11.9. The van der Waals surface area contributed by atoms with E-state index in [9.17, 15) is 4.79 Å². The number of hydrogen-bond donors (Lipinski definition) is 2. The molecule has 0 bridgehead atoms. The Morgan fingerprint density at radius 3 is 1.26 bits per heavy atom. The molecule has 4 aliphatic rings. The predicted molar refractivity (Wildman–Crippen MR) is 285 cm³/mol. The molecule has 2 saturated carbocycles. The number of benzene rings is 4. The van der Waals surface area contributed by atoms with Crippen LogP contribution in [0.1, 0.15) is 107 Å². The molecular weight excluding hydrogens is 901 g/mol. The van der Waals surface area contributed by atoms with Gasteiger partial charge in [-0.25, -0.2) is 29.3 Å². The first kappa shape index (κ1) is 46.2. The number of piperazine rings is 2. The average molecular weight is 967 g/mol. The number of carbonyl (C=O) groups excluding carboxylic acids is 1. The van der Waals surface area contributed by atoms with E-state index < -0.39 is 0 Å². The SMILES string of the molecule is CC(C)n1nnc2ccc3cnc(NC4CCC(N5CCN(c6ccc(C(=O)c7ccc(N8CCN(C9CCC(Nc%10ncc%11ccc%12nnn(C(C)C)c%12c%11n%10)CC9)CC8)cc7)cc6)CC5)CC4)nc3c21. The van der Waals surface area contributed by atoms with Gasteiger partial charge in [-0.2, -0.15) is 0 Å². The summed E-state index contributed by atoms with van der Waals surface area (Å²) in [6, 6.07) is 26.8. The number of ketones is 1. The predicted octanol–water partition coefficient (Wildman–Crippen LogP) is 8.55. The molecule has 0 radical (unpaired) electrons. The van der Waals surface area contributed by atoms with Crippen molar-refractivity contribution in [2.45, 2.75) is 115 Å². The van der Waals surface area contributed by atoms with Crippen molar-refractivity contribution in [1.82, 2.24) is 59.7 Å². The van der Waals surface area contributed by atoms with Gasteiger partial charge in [-0.05, 0) is 152 Å². The molecule has 2 aliphatic heterocycles. The van der Waals surface area contributed by atoms with Crippen molar-refractivity contribution in [3.63, 3.8) is 0 Å². The van der Waals surface area contributed by atoms with Gasteiger partial charge in [0.2, 0.25) is 11.9 Å². The summed E-state index contributed by atoms with van der Waals surface area (Å²) in [7, 11) is 0. The van der Waals surface area contributed by atoms with Crippen LogP contribution in [0.3, 0.4) is 0 Å². The van der Waals surface area contributed by atoms with Crippen LogP contribution >= 0.6 is 0 Å². The van der Waals surface area contributed by atoms with E-state index in [1.54, 1.807) is 0 Å². The molecule has 0 spiro atoms. The highest BCUT2D eigenvalue weighted by molar-refractivity contribution is 6.09. The van der Waals surface area contributed by atoms with Crippen LogP contribution in [0.25, 0.3) is 43.9 Å². The molecule has 4 fully saturated rings. The second kappa shape index (κ2) is 19.6. The maximum absolute atomic E-state index is 13.7. The van der Waals surface area contributed by atoms with Gasteiger partial charge >= 0.3 is 0 Å². The van der Waals surface area contributed by atoms with E-state index in [1.165, 1.54) is 11.4 Å². The third kappa shape index (κ3) is 9.16. The lowest BCUT2D eigenvalue weighted by Crippen LogP contribution is -2.51. The summed E-state index contributed by atoms with van der Waals surface area (Å²) in [6.45, 7) is 16.6. The smallest absolute Gasteiger partial charge is 0.223 e. The van der Waals surface area contributed by atoms with Crippen molar-refractivity contribution >= 4 is 72.9 Å². The summed E-state index contributed by atoms with van der Waals surface area (Å²) in [6.07, 6.45) is 12.9. The Kier molecular flexibility index (Phi) is 12.6. The van der Waals surface area contributed by atoms with Crippen LogP contribution in [0.15, 0.2) is 85.2 Å². The third-order valence-corrected chi connectivity index (χ3v) is 16.1. The molecular formula is C55H66N16O. The summed E-state index contributed by atoms with van der Waals surface area (Å²) < 4.78 is 3.90. The lowest BCUT2D eigenvalue weighted by Gasteiger charge is -2.42. The summed E-state index contributed by atoms with van der Waals surface area (Å²) in [4.78, 5) is 43.3. The molecule has 72 heavy (non-hydrogen) atoms. The molecule has 6 heterocycles. The molecule has 8 aromatic rings. The van der Waals surface area contributed by atoms with Gasteiger partial charge in [-0.3, -0.25) is 14.6 Å². The zero-order valence-corrected chi connectivity index (χ0v) is 42.0. The number of aromatic nitrogens is 10. The van der Waals surface area contributed by atoms with Gasteiger partial charge in [0.1, 0.15) is 33.1 Å². The van der Waals surface area contributed by atoms with Crippen LogP contribution in [0, 0.1) is 0 Å². The Morgan fingerprint density at radius 2 is 0.889 bits per heavy atom. The Labute approximate surface area is 420 Å². The van der Waals surface area contributed by atoms with Crippen LogP contribution in [-0.4, -0.2) is 142 Å². The van der Waals surface area contributed by atoms with E-state index in [2.05, 4.69) is 113 Å². The number of nitrogens with one attached hydrogen (secondary N) is 2. The quantitative estimate of drug-likeness (QED) is 0.112. The summed E-state index contributed by atoms with van der Waals surface area (Å²) >= 11 is 0. The molecule has 2 saturated heterocycles. The van der Waals surface area contributed by atoms with Crippen molar-refractivity contribution in [3.8, 4) is 0 Å². The molecule has 2 aliphatic carbocycles. The largest absolute Gasteiger partial charge is 0.369 e. The van der Waals surface area contributed by atoms with E-state index in [-0.39, 0.29) is 17.9 Å². The zero-order valence-electron chi connectivity index (χ0n) is 42.0. The van der Waals surface area contributed by atoms with Crippen molar-refractivity contribution in [2.24, 2.45) is 0 Å². The maximum atomic E-state index is 13.7. The Balaban J connectivity index is 0.576. The molecule has 0 unspecified atom stereocenters. The van der Waals surface area contributed by atoms with Crippen LogP contribution in [0.2, 0.25) is 0 Å². The zero-order chi connectivity index (χ0) is 48.9. The average Bonchev–Trinajstić information content (AvgIpc) is 4.08. The molecule has 4 aromatic carbocycles.